The van der Waals surface area contributed by atoms with E-state index in [-0.39, 0.29) is 11.7 Å². The Morgan fingerprint density at radius 3 is 2.65 bits per heavy atom. The van der Waals surface area contributed by atoms with E-state index in [4.69, 9.17) is 9.84 Å². The van der Waals surface area contributed by atoms with Gasteiger partial charge in [-0.2, -0.15) is 0 Å². The van der Waals surface area contributed by atoms with E-state index < -0.39 is 23.6 Å². The highest BCUT2D eigenvalue weighted by Crippen LogP contribution is 2.33. The third-order valence-electron chi connectivity index (χ3n) is 3.59. The summed E-state index contributed by atoms with van der Waals surface area (Å²) in [5, 5.41) is 11.6. The third-order valence-corrected chi connectivity index (χ3v) is 3.59. The van der Waals surface area contributed by atoms with Crippen LogP contribution in [-0.2, 0) is 9.59 Å². The van der Waals surface area contributed by atoms with Crippen molar-refractivity contribution >= 4 is 17.6 Å². The molecule has 5 nitrogen and oxygen atoms in total. The first-order valence-corrected chi connectivity index (χ1v) is 6.40. The summed E-state index contributed by atoms with van der Waals surface area (Å²) in [7, 11) is 1.35. The van der Waals surface area contributed by atoms with Gasteiger partial charge in [-0.1, -0.05) is 6.42 Å². The van der Waals surface area contributed by atoms with Gasteiger partial charge in [0.05, 0.1) is 18.9 Å². The number of rotatable bonds is 4. The van der Waals surface area contributed by atoms with E-state index in [1.807, 2.05) is 0 Å². The normalized spacial score (nSPS) is 21.5. The minimum absolute atomic E-state index is 0.0901. The van der Waals surface area contributed by atoms with Crippen LogP contribution in [0, 0.1) is 17.7 Å². The average molecular weight is 281 g/mol. The maximum Gasteiger partial charge on any atom is 0.307 e. The zero-order valence-electron chi connectivity index (χ0n) is 11.1. The molecule has 20 heavy (non-hydrogen) atoms. The molecule has 6 heteroatoms. The second kappa shape index (κ2) is 5.90. The molecular weight excluding hydrogens is 265 g/mol. The van der Waals surface area contributed by atoms with E-state index in [1.54, 1.807) is 0 Å². The van der Waals surface area contributed by atoms with E-state index in [2.05, 4.69) is 5.32 Å². The second-order valence-electron chi connectivity index (χ2n) is 4.82. The number of hydrogen-bond acceptors (Lipinski definition) is 3. The van der Waals surface area contributed by atoms with Gasteiger partial charge in [0.1, 0.15) is 0 Å². The van der Waals surface area contributed by atoms with Crippen LogP contribution >= 0.6 is 0 Å². The molecule has 1 amide bonds. The van der Waals surface area contributed by atoms with Crippen LogP contribution in [0.25, 0.3) is 0 Å². The van der Waals surface area contributed by atoms with Gasteiger partial charge in [-0.05, 0) is 25.0 Å². The van der Waals surface area contributed by atoms with Crippen molar-refractivity contribution in [3.05, 3.63) is 24.0 Å². The number of nitrogens with one attached hydrogen (secondary N) is 1. The first-order chi connectivity index (χ1) is 9.52. The predicted molar refractivity (Wildman–Crippen MR) is 70.0 cm³/mol. The van der Waals surface area contributed by atoms with Gasteiger partial charge in [0, 0.05) is 11.8 Å². The Labute approximate surface area is 115 Å². The minimum atomic E-state index is -0.955. The predicted octanol–water partition coefficient (Wildman–Crippen LogP) is 2.27. The van der Waals surface area contributed by atoms with Crippen LogP contribution in [0.1, 0.15) is 19.3 Å². The lowest BCUT2D eigenvalue weighted by molar-refractivity contribution is -0.145. The quantitative estimate of drug-likeness (QED) is 0.887. The molecule has 1 aromatic rings. The molecular formula is C14H16FNO4. The van der Waals surface area contributed by atoms with Gasteiger partial charge < -0.3 is 15.2 Å². The number of methoxy groups -OCH3 is 1. The number of amides is 1. The maximum absolute atomic E-state index is 13.5. The van der Waals surface area contributed by atoms with Crippen molar-refractivity contribution in [1.82, 2.24) is 0 Å². The molecule has 1 aliphatic rings. The molecule has 0 bridgehead atoms. The first kappa shape index (κ1) is 14.3. The molecule has 1 aromatic carbocycles. The third kappa shape index (κ3) is 2.89. The van der Waals surface area contributed by atoms with Gasteiger partial charge in [0.15, 0.2) is 11.6 Å². The van der Waals surface area contributed by atoms with Crippen LogP contribution in [0.3, 0.4) is 0 Å². The Hall–Kier alpha value is -2.11. The number of carbonyl (C=O) groups excluding carboxylic acids is 1. The van der Waals surface area contributed by atoms with Gasteiger partial charge in [-0.3, -0.25) is 9.59 Å². The van der Waals surface area contributed by atoms with E-state index >= 15 is 0 Å². The Morgan fingerprint density at radius 2 is 2.05 bits per heavy atom. The highest BCUT2D eigenvalue weighted by atomic mass is 19.1. The highest BCUT2D eigenvalue weighted by Gasteiger charge is 2.37. The van der Waals surface area contributed by atoms with Gasteiger partial charge >= 0.3 is 5.97 Å². The molecule has 0 saturated heterocycles. The Morgan fingerprint density at radius 1 is 1.35 bits per heavy atom. The number of hydrogen-bond donors (Lipinski definition) is 2. The van der Waals surface area contributed by atoms with Crippen LogP contribution in [-0.4, -0.2) is 24.1 Å². The van der Waals surface area contributed by atoms with Crippen LogP contribution in [0.4, 0.5) is 10.1 Å². The van der Waals surface area contributed by atoms with Crippen molar-refractivity contribution in [1.29, 1.82) is 0 Å². The van der Waals surface area contributed by atoms with E-state index in [0.717, 1.165) is 6.07 Å². The van der Waals surface area contributed by atoms with Crippen molar-refractivity contribution in [2.75, 3.05) is 12.4 Å². The molecule has 2 N–H and O–H groups in total. The van der Waals surface area contributed by atoms with Crippen molar-refractivity contribution in [2.45, 2.75) is 19.3 Å². The van der Waals surface area contributed by atoms with Crippen LogP contribution in [0.15, 0.2) is 18.2 Å². The van der Waals surface area contributed by atoms with Gasteiger partial charge in [0.25, 0.3) is 0 Å². The van der Waals surface area contributed by atoms with Crippen molar-refractivity contribution < 1.29 is 23.8 Å². The molecule has 2 rings (SSSR count). The standard InChI is InChI=1S/C14H16FNO4/c1-20-12-6-5-8(7-11(12)15)16-13(17)9-3-2-4-10(9)14(18)19/h5-7,9-10H,2-4H2,1H3,(H,16,17)(H,18,19)/t9-,10+/m1/s1. The number of carboxylic acid groups (broad SMARTS) is 1. The van der Waals surface area contributed by atoms with Crippen LogP contribution in [0.5, 0.6) is 5.75 Å². The van der Waals surface area contributed by atoms with E-state index in [1.165, 1.54) is 19.2 Å². The minimum Gasteiger partial charge on any atom is -0.494 e. The monoisotopic (exact) mass is 281 g/mol. The number of ether oxygens (including phenoxy) is 1. The number of halogens is 1. The topological polar surface area (TPSA) is 75.6 Å². The highest BCUT2D eigenvalue weighted by molar-refractivity contribution is 5.95. The lowest BCUT2D eigenvalue weighted by Gasteiger charge is -2.15. The van der Waals surface area contributed by atoms with Crippen LogP contribution in [0.2, 0.25) is 0 Å². The number of aliphatic carboxylic acids is 1. The molecule has 0 aromatic heterocycles. The fraction of sp³-hybridized carbons (Fsp3) is 0.429. The smallest absolute Gasteiger partial charge is 0.307 e. The summed E-state index contributed by atoms with van der Waals surface area (Å²) in [6.45, 7) is 0. The maximum atomic E-state index is 13.5. The molecule has 0 radical (unpaired) electrons. The van der Waals surface area contributed by atoms with Gasteiger partial charge in [-0.25, -0.2) is 4.39 Å². The summed E-state index contributed by atoms with van der Waals surface area (Å²) in [5.41, 5.74) is 0.296. The molecule has 0 aliphatic heterocycles. The van der Waals surface area contributed by atoms with E-state index in [9.17, 15) is 14.0 Å². The number of carbonyl (C=O) groups is 2. The molecule has 1 fully saturated rings. The molecule has 1 aliphatic carbocycles. The Balaban J connectivity index is 2.08. The molecule has 0 spiro atoms. The fourth-order valence-corrected chi connectivity index (χ4v) is 2.55. The zero-order chi connectivity index (χ0) is 14.7. The second-order valence-corrected chi connectivity index (χ2v) is 4.82. The van der Waals surface area contributed by atoms with Crippen molar-refractivity contribution in [3.8, 4) is 5.75 Å². The molecule has 1 saturated carbocycles. The molecule has 0 heterocycles. The number of anilines is 1. The van der Waals surface area contributed by atoms with Crippen molar-refractivity contribution in [2.24, 2.45) is 11.8 Å². The SMILES string of the molecule is COc1ccc(NC(=O)[C@@H]2CCC[C@@H]2C(=O)O)cc1F. The summed E-state index contributed by atoms with van der Waals surface area (Å²) in [6.07, 6.45) is 1.76. The summed E-state index contributed by atoms with van der Waals surface area (Å²) in [5.74, 6) is -3.03. The summed E-state index contributed by atoms with van der Waals surface area (Å²) in [6, 6.07) is 4.08. The Kier molecular flexibility index (Phi) is 4.22. The Bertz CT molecular complexity index is 532. The average Bonchev–Trinajstić information content (AvgIpc) is 2.88. The van der Waals surface area contributed by atoms with Crippen molar-refractivity contribution in [3.63, 3.8) is 0 Å². The number of carboxylic acids is 1. The summed E-state index contributed by atoms with van der Waals surface area (Å²) >= 11 is 0. The lowest BCUT2D eigenvalue weighted by Crippen LogP contribution is -2.30. The summed E-state index contributed by atoms with van der Waals surface area (Å²) in [4.78, 5) is 23.1. The largest absolute Gasteiger partial charge is 0.494 e. The van der Waals surface area contributed by atoms with Crippen LogP contribution < -0.4 is 10.1 Å². The first-order valence-electron chi connectivity index (χ1n) is 6.40. The molecule has 0 unspecified atom stereocenters. The summed E-state index contributed by atoms with van der Waals surface area (Å²) < 4.78 is 18.3. The fourth-order valence-electron chi connectivity index (χ4n) is 2.55. The molecule has 2 atom stereocenters. The van der Waals surface area contributed by atoms with Gasteiger partial charge in [-0.15, -0.1) is 0 Å². The molecule has 108 valence electrons. The number of benzene rings is 1. The lowest BCUT2D eigenvalue weighted by atomic mass is 9.95. The van der Waals surface area contributed by atoms with Gasteiger partial charge in [0.2, 0.25) is 5.91 Å². The zero-order valence-corrected chi connectivity index (χ0v) is 11.1. The van der Waals surface area contributed by atoms with E-state index in [0.29, 0.717) is 24.9 Å².